The van der Waals surface area contributed by atoms with E-state index in [1.54, 1.807) is 18.2 Å². The van der Waals surface area contributed by atoms with Crippen molar-refractivity contribution in [2.75, 3.05) is 19.5 Å². The molecule has 0 aliphatic carbocycles. The Bertz CT molecular complexity index is 815. The second kappa shape index (κ2) is 7.97. The predicted molar refractivity (Wildman–Crippen MR) is 94.2 cm³/mol. The van der Waals surface area contributed by atoms with Crippen LogP contribution in [0.15, 0.2) is 41.6 Å². The molecule has 1 atom stereocenters. The van der Waals surface area contributed by atoms with Gasteiger partial charge < -0.3 is 35.9 Å². The van der Waals surface area contributed by atoms with E-state index in [0.29, 0.717) is 22.7 Å². The molecule has 0 fully saturated rings. The summed E-state index contributed by atoms with van der Waals surface area (Å²) in [6, 6.07) is 7.81. The highest BCUT2D eigenvalue weighted by Gasteiger charge is 2.22. The van der Waals surface area contributed by atoms with E-state index in [1.165, 1.54) is 32.4 Å². The molecule has 2 rings (SSSR count). The molecule has 0 aromatic heterocycles. The van der Waals surface area contributed by atoms with E-state index >= 15 is 0 Å². The van der Waals surface area contributed by atoms with Crippen molar-refractivity contribution >= 4 is 17.5 Å². The molecule has 2 aromatic rings. The number of carboxylic acid groups (broad SMARTS) is 1. The van der Waals surface area contributed by atoms with Gasteiger partial charge in [0.2, 0.25) is 0 Å². The molecule has 0 aliphatic rings. The van der Waals surface area contributed by atoms with Gasteiger partial charge in [-0.25, -0.2) is 4.79 Å². The maximum Gasteiger partial charge on any atom is 0.330 e. The summed E-state index contributed by atoms with van der Waals surface area (Å²) in [6.07, 6.45) is 0. The van der Waals surface area contributed by atoms with Gasteiger partial charge >= 0.3 is 5.97 Å². The highest BCUT2D eigenvalue weighted by Crippen LogP contribution is 2.30. The number of rotatable bonds is 7. The number of ether oxygens (including phenoxy) is 2. The number of phenols is 1. The van der Waals surface area contributed by atoms with Crippen molar-refractivity contribution in [2.24, 2.45) is 10.9 Å². The molecule has 1 unspecified atom stereocenters. The highest BCUT2D eigenvalue weighted by atomic mass is 16.5. The zero-order chi connectivity index (χ0) is 19.3. The number of benzene rings is 2. The first-order valence-corrected chi connectivity index (χ1v) is 7.42. The molecule has 0 saturated heterocycles. The topological polar surface area (TPSA) is 147 Å². The van der Waals surface area contributed by atoms with Gasteiger partial charge in [0.05, 0.1) is 19.8 Å². The summed E-state index contributed by atoms with van der Waals surface area (Å²) in [5, 5.41) is 33.9. The predicted octanol–water partition coefficient (Wildman–Crippen LogP) is 1.74. The van der Waals surface area contributed by atoms with Crippen molar-refractivity contribution in [1.29, 1.82) is 0 Å². The van der Waals surface area contributed by atoms with Crippen LogP contribution in [-0.4, -0.2) is 41.4 Å². The Labute approximate surface area is 149 Å². The van der Waals surface area contributed by atoms with Gasteiger partial charge in [0.25, 0.3) is 0 Å². The lowest BCUT2D eigenvalue weighted by atomic mass is 10.0. The third kappa shape index (κ3) is 4.07. The number of nitrogens with one attached hydrogen (secondary N) is 1. The Hall–Kier alpha value is -3.62. The van der Waals surface area contributed by atoms with E-state index in [1.807, 2.05) is 0 Å². The Kier molecular flexibility index (Phi) is 5.74. The number of carboxylic acids is 1. The van der Waals surface area contributed by atoms with Crippen LogP contribution in [0, 0.1) is 0 Å². The molecule has 6 N–H and O–H groups in total. The zero-order valence-electron chi connectivity index (χ0n) is 14.1. The number of methoxy groups -OCH3 is 2. The van der Waals surface area contributed by atoms with Crippen molar-refractivity contribution in [1.82, 2.24) is 0 Å². The number of hydrogen-bond acceptors (Lipinski definition) is 7. The summed E-state index contributed by atoms with van der Waals surface area (Å²) in [7, 11) is 2.93. The minimum absolute atomic E-state index is 0.118. The third-order valence-corrected chi connectivity index (χ3v) is 3.65. The normalized spacial score (nSPS) is 12.3. The maximum absolute atomic E-state index is 11.7. The molecule has 0 spiro atoms. The van der Waals surface area contributed by atoms with Gasteiger partial charge in [0.15, 0.2) is 11.9 Å². The van der Waals surface area contributed by atoms with E-state index in [0.717, 1.165) is 0 Å². The Morgan fingerprint density at radius 3 is 2.23 bits per heavy atom. The minimum atomic E-state index is -1.14. The number of amidine groups is 1. The largest absolute Gasteiger partial charge is 0.507 e. The number of carbonyl (C=O) groups is 1. The van der Waals surface area contributed by atoms with Crippen LogP contribution in [0.5, 0.6) is 17.2 Å². The molecule has 0 bridgehead atoms. The first-order chi connectivity index (χ1) is 12.4. The average molecular weight is 361 g/mol. The van der Waals surface area contributed by atoms with Gasteiger partial charge in [-0.2, -0.15) is 0 Å². The van der Waals surface area contributed by atoms with E-state index in [4.69, 9.17) is 20.4 Å². The van der Waals surface area contributed by atoms with Crippen LogP contribution in [0.3, 0.4) is 0 Å². The van der Waals surface area contributed by atoms with Crippen molar-refractivity contribution in [2.45, 2.75) is 6.04 Å². The fourth-order valence-electron chi connectivity index (χ4n) is 2.34. The van der Waals surface area contributed by atoms with Crippen molar-refractivity contribution in [3.8, 4) is 17.2 Å². The molecule has 26 heavy (non-hydrogen) atoms. The summed E-state index contributed by atoms with van der Waals surface area (Å²) >= 11 is 0. The molecule has 2 aromatic carbocycles. The van der Waals surface area contributed by atoms with Crippen LogP contribution < -0.4 is 20.5 Å². The highest BCUT2D eigenvalue weighted by molar-refractivity contribution is 5.99. The monoisotopic (exact) mass is 361 g/mol. The second-order valence-electron chi connectivity index (χ2n) is 5.28. The van der Waals surface area contributed by atoms with Gasteiger partial charge in [0, 0.05) is 17.8 Å². The number of nitrogens with zero attached hydrogens (tertiary/aromatic N) is 1. The minimum Gasteiger partial charge on any atom is -0.507 e. The standard InChI is InChI=1S/C17H19N3O6/c1-25-11-5-9(6-12(8-11)26-2)15(17(22)23)19-10-3-4-13(14(21)7-10)16(18)20-24/h3-8,15,19,21,24H,1-2H3,(H2,18,20)(H,22,23). The molecule has 0 heterocycles. The lowest BCUT2D eigenvalue weighted by Gasteiger charge is -2.18. The Morgan fingerprint density at radius 1 is 1.15 bits per heavy atom. The zero-order valence-corrected chi connectivity index (χ0v) is 14.1. The fraction of sp³-hybridized carbons (Fsp3) is 0.176. The van der Waals surface area contributed by atoms with Gasteiger partial charge in [-0.1, -0.05) is 5.16 Å². The lowest BCUT2D eigenvalue weighted by Crippen LogP contribution is -2.21. The van der Waals surface area contributed by atoms with E-state index in [2.05, 4.69) is 10.5 Å². The van der Waals surface area contributed by atoms with E-state index in [-0.39, 0.29) is 17.1 Å². The fourth-order valence-corrected chi connectivity index (χ4v) is 2.34. The first kappa shape index (κ1) is 18.7. The van der Waals surface area contributed by atoms with E-state index in [9.17, 15) is 15.0 Å². The van der Waals surface area contributed by atoms with Gasteiger partial charge in [-0.15, -0.1) is 0 Å². The van der Waals surface area contributed by atoms with Gasteiger partial charge in [0.1, 0.15) is 17.2 Å². The summed E-state index contributed by atoms with van der Waals surface area (Å²) < 4.78 is 10.3. The third-order valence-electron chi connectivity index (χ3n) is 3.65. The molecule has 0 aliphatic heterocycles. The van der Waals surface area contributed by atoms with Crippen LogP contribution in [0.4, 0.5) is 5.69 Å². The molecule has 138 valence electrons. The summed E-state index contributed by atoms with van der Waals surface area (Å²) in [4.78, 5) is 11.7. The molecular formula is C17H19N3O6. The summed E-state index contributed by atoms with van der Waals surface area (Å²) in [6.45, 7) is 0. The van der Waals surface area contributed by atoms with Crippen molar-refractivity contribution in [3.63, 3.8) is 0 Å². The van der Waals surface area contributed by atoms with Crippen molar-refractivity contribution in [3.05, 3.63) is 47.5 Å². The molecule has 0 radical (unpaired) electrons. The number of nitrogens with two attached hydrogens (primary N) is 1. The summed E-state index contributed by atoms with van der Waals surface area (Å²) in [5.41, 5.74) is 6.29. The van der Waals surface area contributed by atoms with Gasteiger partial charge in [-0.3, -0.25) is 0 Å². The maximum atomic E-state index is 11.7. The van der Waals surface area contributed by atoms with Gasteiger partial charge in [-0.05, 0) is 29.8 Å². The number of aliphatic carboxylic acids is 1. The average Bonchev–Trinajstić information content (AvgIpc) is 2.64. The Morgan fingerprint density at radius 2 is 1.77 bits per heavy atom. The van der Waals surface area contributed by atoms with Crippen LogP contribution in [0.1, 0.15) is 17.2 Å². The molecular weight excluding hydrogens is 342 g/mol. The van der Waals surface area contributed by atoms with Crippen LogP contribution >= 0.6 is 0 Å². The number of oxime groups is 1. The molecule has 9 heteroatoms. The van der Waals surface area contributed by atoms with Crippen LogP contribution in [0.25, 0.3) is 0 Å². The smallest absolute Gasteiger partial charge is 0.330 e. The number of anilines is 1. The number of hydrogen-bond donors (Lipinski definition) is 5. The summed E-state index contributed by atoms with van der Waals surface area (Å²) in [5.74, 6) is -0.783. The molecule has 9 nitrogen and oxygen atoms in total. The molecule has 0 amide bonds. The first-order valence-electron chi connectivity index (χ1n) is 7.42. The van der Waals surface area contributed by atoms with E-state index < -0.39 is 12.0 Å². The molecule has 0 saturated carbocycles. The quantitative estimate of drug-likeness (QED) is 0.217. The Balaban J connectivity index is 2.38. The van der Waals surface area contributed by atoms with Crippen LogP contribution in [-0.2, 0) is 4.79 Å². The van der Waals surface area contributed by atoms with Crippen molar-refractivity contribution < 1.29 is 29.7 Å². The van der Waals surface area contributed by atoms with Crippen LogP contribution in [0.2, 0.25) is 0 Å². The number of aromatic hydroxyl groups is 1. The second-order valence-corrected chi connectivity index (χ2v) is 5.28. The SMILES string of the molecule is COc1cc(OC)cc(C(Nc2ccc(/C(N)=N\O)c(O)c2)C(=O)O)c1. The lowest BCUT2D eigenvalue weighted by molar-refractivity contribution is -0.138. The number of phenolic OH excluding ortho intramolecular Hbond substituents is 1.